The Balaban J connectivity index is 1.36. The van der Waals surface area contributed by atoms with Crippen molar-refractivity contribution in [3.63, 3.8) is 0 Å². The molecule has 2 unspecified atom stereocenters. The average molecular weight is 858 g/mol. The highest BCUT2D eigenvalue weighted by molar-refractivity contribution is 7.90. The molecule has 0 spiro atoms. The Bertz CT molecular complexity index is 2230. The van der Waals surface area contributed by atoms with E-state index in [0.29, 0.717) is 28.1 Å². The minimum atomic E-state index is -6.13. The van der Waals surface area contributed by atoms with Crippen molar-refractivity contribution in [1.82, 2.24) is 25.2 Å². The highest BCUT2D eigenvalue weighted by Crippen LogP contribution is 2.46. The van der Waals surface area contributed by atoms with Gasteiger partial charge in [0, 0.05) is 35.4 Å². The zero-order valence-electron chi connectivity index (χ0n) is 33.8. The second-order valence-electron chi connectivity index (χ2n) is 16.6. The van der Waals surface area contributed by atoms with Crippen LogP contribution in [0, 0.1) is 11.8 Å². The first kappa shape index (κ1) is 44.2. The molecule has 5 atom stereocenters. The number of sulfonamides is 1. The van der Waals surface area contributed by atoms with Crippen LogP contribution in [0.5, 0.6) is 11.5 Å². The number of carbonyl (C=O) groups excluding carboxylic acids is 4. The van der Waals surface area contributed by atoms with E-state index >= 15 is 0 Å². The number of carbonyl (C=O) groups is 4. The predicted octanol–water partition coefficient (Wildman–Crippen LogP) is 6.15. The number of aromatic nitrogens is 1. The molecular weight excluding hydrogens is 808 g/mol. The number of halogens is 3. The molecule has 18 heteroatoms. The van der Waals surface area contributed by atoms with Crippen LogP contribution in [0.15, 0.2) is 67.3 Å². The van der Waals surface area contributed by atoms with Gasteiger partial charge in [0.2, 0.25) is 11.8 Å². The largest absolute Gasteiger partial charge is 0.516 e. The third-order valence-corrected chi connectivity index (χ3v) is 12.1. The fourth-order valence-corrected chi connectivity index (χ4v) is 8.49. The second kappa shape index (κ2) is 17.3. The van der Waals surface area contributed by atoms with Crippen molar-refractivity contribution >= 4 is 44.7 Å². The SMILES string of the molecule is C=CC1CC1(NC(=O)[C@@H]1C[C@@H](Oc2cc(-c3ccccc3)nc3cc(OC)ccc23)CN1C(=O)[C@H](CC1CCCCC1)NC(=O)OC(C)(C)C)C(=O)NS(=O)(=O)C(F)(F)F. The van der Waals surface area contributed by atoms with Crippen LogP contribution in [-0.4, -0.2) is 90.6 Å². The van der Waals surface area contributed by atoms with Crippen LogP contribution in [0.25, 0.3) is 22.2 Å². The molecule has 3 aromatic rings. The second-order valence-corrected chi connectivity index (χ2v) is 18.2. The lowest BCUT2D eigenvalue weighted by Crippen LogP contribution is -2.59. The van der Waals surface area contributed by atoms with Crippen LogP contribution < -0.4 is 24.8 Å². The fraction of sp³-hybridized carbons (Fsp3) is 0.500. The maximum absolute atomic E-state index is 14.8. The minimum absolute atomic E-state index is 0.0727. The van der Waals surface area contributed by atoms with Crippen LogP contribution in [0.2, 0.25) is 0 Å². The molecule has 2 aliphatic carbocycles. The third-order valence-electron chi connectivity index (χ3n) is 11.1. The van der Waals surface area contributed by atoms with Gasteiger partial charge in [-0.15, -0.1) is 6.58 Å². The molecule has 2 saturated carbocycles. The summed E-state index contributed by atoms with van der Waals surface area (Å²) in [6, 6.07) is 13.8. The Labute approximate surface area is 346 Å². The quantitative estimate of drug-likeness (QED) is 0.169. The van der Waals surface area contributed by atoms with Gasteiger partial charge in [0.15, 0.2) is 0 Å². The third kappa shape index (κ3) is 9.96. The lowest BCUT2D eigenvalue weighted by molar-refractivity contribution is -0.141. The molecule has 2 aromatic carbocycles. The number of hydrogen-bond donors (Lipinski definition) is 3. The number of methoxy groups -OCH3 is 1. The molecule has 2 heterocycles. The number of alkyl halides is 3. The van der Waals surface area contributed by atoms with Crippen LogP contribution in [0.1, 0.15) is 72.1 Å². The molecule has 60 heavy (non-hydrogen) atoms. The highest BCUT2D eigenvalue weighted by atomic mass is 32.2. The number of likely N-dealkylation sites (tertiary alicyclic amines) is 1. The van der Waals surface area contributed by atoms with E-state index in [2.05, 4.69) is 17.2 Å². The molecule has 4 amide bonds. The number of hydrogen-bond acceptors (Lipinski definition) is 10. The van der Waals surface area contributed by atoms with Crippen molar-refractivity contribution in [1.29, 1.82) is 0 Å². The number of rotatable bonds is 13. The summed E-state index contributed by atoms with van der Waals surface area (Å²) in [5, 5.41) is 5.79. The molecule has 0 radical (unpaired) electrons. The fourth-order valence-electron chi connectivity index (χ4n) is 7.95. The summed E-state index contributed by atoms with van der Waals surface area (Å²) < 4.78 is 82.5. The topological polar surface area (TPSA) is 182 Å². The molecule has 3 fully saturated rings. The lowest BCUT2D eigenvalue weighted by Gasteiger charge is -2.32. The van der Waals surface area contributed by atoms with Crippen molar-refractivity contribution < 1.29 is 55.0 Å². The monoisotopic (exact) mass is 857 g/mol. The van der Waals surface area contributed by atoms with E-state index in [-0.39, 0.29) is 31.7 Å². The Morgan fingerprint density at radius 2 is 1.73 bits per heavy atom. The van der Waals surface area contributed by atoms with Gasteiger partial charge in [0.1, 0.15) is 40.8 Å². The first-order valence-electron chi connectivity index (χ1n) is 19.8. The van der Waals surface area contributed by atoms with E-state index in [1.807, 2.05) is 30.3 Å². The summed E-state index contributed by atoms with van der Waals surface area (Å²) >= 11 is 0. The molecule has 1 aromatic heterocycles. The lowest BCUT2D eigenvalue weighted by atomic mass is 9.84. The van der Waals surface area contributed by atoms with Crippen molar-refractivity contribution in [2.75, 3.05) is 13.7 Å². The average Bonchev–Trinajstić information content (AvgIpc) is 3.75. The summed E-state index contributed by atoms with van der Waals surface area (Å²) in [5.74, 6) is -3.12. The number of alkyl carbamates (subject to hydrolysis) is 1. The molecule has 3 aliphatic rings. The number of nitrogens with zero attached hydrogens (tertiary/aromatic N) is 2. The predicted molar refractivity (Wildman–Crippen MR) is 215 cm³/mol. The highest BCUT2D eigenvalue weighted by Gasteiger charge is 2.63. The Morgan fingerprint density at radius 1 is 1.03 bits per heavy atom. The minimum Gasteiger partial charge on any atom is -0.497 e. The first-order chi connectivity index (χ1) is 28.2. The molecular formula is C42H50F3N5O9S. The summed E-state index contributed by atoms with van der Waals surface area (Å²) in [5.41, 5.74) is -6.93. The van der Waals surface area contributed by atoms with Gasteiger partial charge >= 0.3 is 21.6 Å². The molecule has 1 aliphatic heterocycles. The van der Waals surface area contributed by atoms with E-state index in [4.69, 9.17) is 19.2 Å². The van der Waals surface area contributed by atoms with Crippen LogP contribution in [-0.2, 0) is 29.1 Å². The molecule has 0 bridgehead atoms. The zero-order valence-corrected chi connectivity index (χ0v) is 34.7. The first-order valence-corrected chi connectivity index (χ1v) is 21.3. The maximum atomic E-state index is 14.8. The van der Waals surface area contributed by atoms with Gasteiger partial charge in [-0.05, 0) is 51.7 Å². The standard InChI is InChI=1S/C42H50F3N5O9S/c1-6-27-23-41(27,38(53)49-60(55,56)42(43,44)45)48-36(51)34-21-29(24-50(34)37(52)33(19-25-13-9-7-10-14-25)47-39(54)59-40(2,3)4)58-35-22-31(26-15-11-8-12-16-26)46-32-20-28(57-5)17-18-30(32)35/h6,8,11-12,15-18,20,22,25,27,29,33-34H,1,7,9-10,13-14,19,21,23-24H2,2-5H3,(H,47,54)(H,48,51)(H,49,53)/t27?,29-,33+,34+,41?/m1/s1. The van der Waals surface area contributed by atoms with E-state index in [9.17, 15) is 40.8 Å². The Morgan fingerprint density at radius 3 is 2.35 bits per heavy atom. The number of fused-ring (bicyclic) bond motifs is 1. The van der Waals surface area contributed by atoms with E-state index in [0.717, 1.165) is 42.4 Å². The molecule has 1 saturated heterocycles. The van der Waals surface area contributed by atoms with E-state index in [1.165, 1.54) is 18.1 Å². The molecule has 324 valence electrons. The number of amides is 4. The van der Waals surface area contributed by atoms with Crippen molar-refractivity contribution in [2.24, 2.45) is 11.8 Å². The van der Waals surface area contributed by atoms with E-state index < -0.39 is 74.6 Å². The number of ether oxygens (including phenoxy) is 3. The summed E-state index contributed by atoms with van der Waals surface area (Å²) in [7, 11) is -4.60. The zero-order chi connectivity index (χ0) is 43.6. The van der Waals surface area contributed by atoms with Crippen LogP contribution in [0.3, 0.4) is 0 Å². The van der Waals surface area contributed by atoms with Gasteiger partial charge in [0.05, 0.1) is 24.9 Å². The molecule has 6 rings (SSSR count). The van der Waals surface area contributed by atoms with Crippen molar-refractivity contribution in [2.45, 2.75) is 107 Å². The Kier molecular flexibility index (Phi) is 12.7. The van der Waals surface area contributed by atoms with Crippen LogP contribution in [0.4, 0.5) is 18.0 Å². The van der Waals surface area contributed by atoms with Gasteiger partial charge in [-0.2, -0.15) is 21.6 Å². The van der Waals surface area contributed by atoms with Crippen molar-refractivity contribution in [3.05, 3.63) is 67.3 Å². The van der Waals surface area contributed by atoms with E-state index in [1.54, 1.807) is 45.0 Å². The van der Waals surface area contributed by atoms with Gasteiger partial charge in [-0.25, -0.2) is 14.5 Å². The summed E-state index contributed by atoms with van der Waals surface area (Å²) in [6.45, 7) is 8.45. The summed E-state index contributed by atoms with van der Waals surface area (Å²) in [4.78, 5) is 61.7. The van der Waals surface area contributed by atoms with Crippen molar-refractivity contribution in [3.8, 4) is 22.8 Å². The van der Waals surface area contributed by atoms with Gasteiger partial charge < -0.3 is 29.7 Å². The van der Waals surface area contributed by atoms with Gasteiger partial charge in [0.25, 0.3) is 5.91 Å². The maximum Gasteiger partial charge on any atom is 0.516 e. The molecule has 14 nitrogen and oxygen atoms in total. The smallest absolute Gasteiger partial charge is 0.497 e. The summed E-state index contributed by atoms with van der Waals surface area (Å²) in [6.07, 6.45) is 3.91. The van der Waals surface area contributed by atoms with Gasteiger partial charge in [-0.3, -0.25) is 14.4 Å². The molecule has 3 N–H and O–H groups in total. The number of pyridine rings is 1. The Hall–Kier alpha value is -5.39. The number of nitrogens with one attached hydrogen (secondary N) is 3. The normalized spacial score (nSPS) is 22.6. The number of benzene rings is 2. The van der Waals surface area contributed by atoms with Crippen LogP contribution >= 0.6 is 0 Å². The van der Waals surface area contributed by atoms with Gasteiger partial charge in [-0.1, -0.05) is 68.5 Å².